The number of rotatable bonds is 5. The van der Waals surface area contributed by atoms with Crippen molar-refractivity contribution in [2.24, 2.45) is 10.9 Å². The van der Waals surface area contributed by atoms with E-state index < -0.39 is 21.5 Å². The molecule has 0 aromatic heterocycles. The Morgan fingerprint density at radius 2 is 2.08 bits per heavy atom. The average Bonchev–Trinajstić information content (AvgIpc) is 2.84. The number of hydrogen-bond acceptors (Lipinski definition) is 3. The topological polar surface area (TPSA) is 70.6 Å². The van der Waals surface area contributed by atoms with E-state index >= 15 is 0 Å². The Labute approximate surface area is 164 Å². The molecule has 0 amide bonds. The third-order valence-corrected chi connectivity index (χ3v) is 5.56. The summed E-state index contributed by atoms with van der Waals surface area (Å²) in [5.74, 6) is -0.126. The molecule has 0 spiro atoms. The van der Waals surface area contributed by atoms with Gasteiger partial charge in [-0.05, 0) is 44.4 Å². The summed E-state index contributed by atoms with van der Waals surface area (Å²) in [6, 6.07) is 3.36. The fourth-order valence-corrected chi connectivity index (χ4v) is 4.39. The van der Waals surface area contributed by atoms with Gasteiger partial charge in [-0.15, -0.1) is 24.0 Å². The number of guanidine groups is 1. The van der Waals surface area contributed by atoms with Crippen LogP contribution in [0.4, 0.5) is 8.78 Å². The average molecular weight is 487 g/mol. The smallest absolute Gasteiger partial charge is 0.191 e. The van der Waals surface area contributed by atoms with Gasteiger partial charge in [-0.1, -0.05) is 0 Å². The first-order valence-electron chi connectivity index (χ1n) is 7.94. The van der Waals surface area contributed by atoms with Crippen molar-refractivity contribution in [2.75, 3.05) is 18.1 Å². The zero-order valence-electron chi connectivity index (χ0n) is 14.3. The molecule has 1 heterocycles. The van der Waals surface area contributed by atoms with Gasteiger partial charge in [0, 0.05) is 18.2 Å². The van der Waals surface area contributed by atoms with Crippen molar-refractivity contribution in [3.8, 4) is 0 Å². The minimum Gasteiger partial charge on any atom is -0.356 e. The lowest BCUT2D eigenvalue weighted by molar-refractivity contribution is 0.561. The zero-order chi connectivity index (χ0) is 17.7. The molecule has 1 unspecified atom stereocenters. The molecule has 2 rings (SSSR count). The van der Waals surface area contributed by atoms with Gasteiger partial charge in [-0.2, -0.15) is 0 Å². The monoisotopic (exact) mass is 487 g/mol. The molecular weight excluding hydrogens is 463 g/mol. The van der Waals surface area contributed by atoms with Gasteiger partial charge in [0.2, 0.25) is 0 Å². The number of nitrogens with zero attached hydrogens (tertiary/aromatic N) is 1. The van der Waals surface area contributed by atoms with Gasteiger partial charge in [-0.3, -0.25) is 0 Å². The lowest BCUT2D eigenvalue weighted by Crippen LogP contribution is -2.43. The maximum atomic E-state index is 13.7. The van der Waals surface area contributed by atoms with Crippen molar-refractivity contribution in [1.82, 2.24) is 10.6 Å². The molecule has 1 aliphatic rings. The molecule has 1 aliphatic heterocycles. The first kappa shape index (κ1) is 22.1. The summed E-state index contributed by atoms with van der Waals surface area (Å²) < 4.78 is 49.8. The number of sulfone groups is 1. The van der Waals surface area contributed by atoms with Gasteiger partial charge in [-0.25, -0.2) is 22.2 Å². The van der Waals surface area contributed by atoms with Crippen molar-refractivity contribution < 1.29 is 17.2 Å². The molecule has 0 bridgehead atoms. The van der Waals surface area contributed by atoms with Crippen LogP contribution in [0.3, 0.4) is 0 Å². The van der Waals surface area contributed by atoms with E-state index in [1.54, 1.807) is 0 Å². The zero-order valence-corrected chi connectivity index (χ0v) is 17.4. The van der Waals surface area contributed by atoms with Crippen LogP contribution in [0.15, 0.2) is 23.2 Å². The lowest BCUT2D eigenvalue weighted by Gasteiger charge is -2.17. The summed E-state index contributed by atoms with van der Waals surface area (Å²) in [4.78, 5) is 4.27. The normalized spacial score (nSPS) is 19.6. The predicted octanol–water partition coefficient (Wildman–Crippen LogP) is 2.46. The Morgan fingerprint density at radius 1 is 1.36 bits per heavy atom. The van der Waals surface area contributed by atoms with E-state index in [2.05, 4.69) is 15.6 Å². The quantitative estimate of drug-likeness (QED) is 0.381. The first-order valence-corrected chi connectivity index (χ1v) is 9.76. The molecule has 25 heavy (non-hydrogen) atoms. The Morgan fingerprint density at radius 3 is 2.68 bits per heavy atom. The van der Waals surface area contributed by atoms with Crippen molar-refractivity contribution in [3.63, 3.8) is 0 Å². The van der Waals surface area contributed by atoms with Crippen LogP contribution in [0.2, 0.25) is 0 Å². The Bertz CT molecular complexity index is 711. The van der Waals surface area contributed by atoms with E-state index in [1.807, 2.05) is 13.8 Å². The van der Waals surface area contributed by atoms with Gasteiger partial charge >= 0.3 is 0 Å². The Kier molecular flexibility index (Phi) is 8.52. The van der Waals surface area contributed by atoms with Crippen LogP contribution >= 0.6 is 24.0 Å². The minimum atomic E-state index is -2.92. The van der Waals surface area contributed by atoms with E-state index in [4.69, 9.17) is 0 Å². The van der Waals surface area contributed by atoms with E-state index in [0.717, 1.165) is 18.2 Å². The van der Waals surface area contributed by atoms with Gasteiger partial charge in [0.15, 0.2) is 15.8 Å². The van der Waals surface area contributed by atoms with Crippen molar-refractivity contribution >= 4 is 39.8 Å². The molecule has 1 atom stereocenters. The Balaban J connectivity index is 0.00000312. The fraction of sp³-hybridized carbons (Fsp3) is 0.562. The fourth-order valence-electron chi connectivity index (χ4n) is 2.53. The molecule has 0 saturated carbocycles. The summed E-state index contributed by atoms with van der Waals surface area (Å²) >= 11 is 0. The summed E-state index contributed by atoms with van der Waals surface area (Å²) in [5.41, 5.74) is 0.170. The van der Waals surface area contributed by atoms with E-state index in [-0.39, 0.29) is 59.6 Å². The summed E-state index contributed by atoms with van der Waals surface area (Å²) in [7, 11) is -2.92. The summed E-state index contributed by atoms with van der Waals surface area (Å²) in [6.07, 6.45) is 0.628. The van der Waals surface area contributed by atoms with Crippen LogP contribution in [0, 0.1) is 17.6 Å². The van der Waals surface area contributed by atoms with Gasteiger partial charge < -0.3 is 10.6 Å². The number of benzene rings is 1. The third-order valence-electron chi connectivity index (χ3n) is 3.73. The second kappa shape index (κ2) is 9.65. The largest absolute Gasteiger partial charge is 0.356 e. The highest BCUT2D eigenvalue weighted by molar-refractivity contribution is 14.0. The highest BCUT2D eigenvalue weighted by atomic mass is 127. The van der Waals surface area contributed by atoms with Crippen LogP contribution in [-0.4, -0.2) is 38.5 Å². The molecule has 5 nitrogen and oxygen atoms in total. The van der Waals surface area contributed by atoms with Gasteiger partial charge in [0.05, 0.1) is 18.1 Å². The van der Waals surface area contributed by atoms with Crippen LogP contribution in [0.25, 0.3) is 0 Å². The standard InChI is InChI=1S/C16H23F2N3O2S.HI/c1-11(2)21-16(19-8-12-5-6-24(22,23)10-12)20-9-13-7-14(17)3-4-15(13)18;/h3-4,7,11-12H,5-6,8-10H2,1-2H3,(H2,19,20,21);1H. The highest BCUT2D eigenvalue weighted by Crippen LogP contribution is 2.17. The molecule has 9 heteroatoms. The molecule has 0 radical (unpaired) electrons. The number of nitrogens with one attached hydrogen (secondary N) is 2. The molecular formula is C16H24F2IN3O2S. The van der Waals surface area contributed by atoms with E-state index in [9.17, 15) is 17.2 Å². The van der Waals surface area contributed by atoms with Crippen molar-refractivity contribution in [1.29, 1.82) is 0 Å². The van der Waals surface area contributed by atoms with Crippen molar-refractivity contribution in [3.05, 3.63) is 35.4 Å². The third kappa shape index (κ3) is 7.43. The number of hydrogen-bond donors (Lipinski definition) is 2. The molecule has 1 saturated heterocycles. The summed E-state index contributed by atoms with van der Waals surface area (Å²) in [6.45, 7) is 4.33. The SMILES string of the molecule is CC(C)NC(=NCc1cc(F)ccc1F)NCC1CCS(=O)(=O)C1.I. The van der Waals surface area contributed by atoms with Crippen LogP contribution in [0.1, 0.15) is 25.8 Å². The molecule has 142 valence electrons. The molecule has 1 aromatic rings. The minimum absolute atomic E-state index is 0. The molecule has 2 N–H and O–H groups in total. The first-order chi connectivity index (χ1) is 11.2. The van der Waals surface area contributed by atoms with E-state index in [0.29, 0.717) is 18.9 Å². The second-order valence-corrected chi connectivity index (χ2v) is 8.58. The lowest BCUT2D eigenvalue weighted by atomic mass is 10.1. The molecule has 1 fully saturated rings. The van der Waals surface area contributed by atoms with Gasteiger partial charge in [0.25, 0.3) is 0 Å². The highest BCUT2D eigenvalue weighted by Gasteiger charge is 2.27. The number of halogens is 3. The summed E-state index contributed by atoms with van der Waals surface area (Å²) in [5, 5.41) is 6.20. The van der Waals surface area contributed by atoms with E-state index in [1.165, 1.54) is 0 Å². The van der Waals surface area contributed by atoms with Crippen LogP contribution in [-0.2, 0) is 16.4 Å². The van der Waals surface area contributed by atoms with Gasteiger partial charge in [0.1, 0.15) is 11.6 Å². The van der Waals surface area contributed by atoms with Crippen molar-refractivity contribution in [2.45, 2.75) is 32.9 Å². The molecule has 0 aliphatic carbocycles. The second-order valence-electron chi connectivity index (χ2n) is 6.35. The maximum Gasteiger partial charge on any atom is 0.191 e. The Hall–Kier alpha value is -0.970. The number of aliphatic imine (C=N–C) groups is 1. The maximum absolute atomic E-state index is 13.7. The van der Waals surface area contributed by atoms with Crippen LogP contribution < -0.4 is 10.6 Å². The molecule has 1 aromatic carbocycles. The van der Waals surface area contributed by atoms with Crippen LogP contribution in [0.5, 0.6) is 0 Å². The predicted molar refractivity (Wildman–Crippen MR) is 106 cm³/mol.